The Hall–Kier alpha value is -11.2. The van der Waals surface area contributed by atoms with Gasteiger partial charge < -0.3 is 133 Å². The topological polar surface area (TPSA) is 258 Å². The predicted molar refractivity (Wildman–Crippen MR) is 455 cm³/mol. The van der Waals surface area contributed by atoms with Crippen molar-refractivity contribution < 1.29 is 133 Å². The highest BCUT2D eigenvalue weighted by Crippen LogP contribution is 2.48. The maximum atomic E-state index is 6.60. The van der Waals surface area contributed by atoms with Crippen LogP contribution in [0.15, 0.2) is 97.1 Å². The molecule has 0 bridgehead atoms. The molecule has 660 valence electrons. The first-order chi connectivity index (χ1) is 58.4. The minimum Gasteiger partial charge on any atom is -0.493 e. The van der Waals surface area contributed by atoms with Crippen LogP contribution in [0.2, 0.25) is 0 Å². The van der Waals surface area contributed by atoms with Gasteiger partial charge in [-0.25, -0.2) is 0 Å². The van der Waals surface area contributed by atoms with Gasteiger partial charge in [0.15, 0.2) is 92.0 Å². The van der Waals surface area contributed by atoms with E-state index in [4.69, 9.17) is 133 Å². The van der Waals surface area contributed by atoms with Crippen molar-refractivity contribution in [3.63, 3.8) is 0 Å². The monoisotopic (exact) mass is 1680 g/mol. The van der Waals surface area contributed by atoms with Crippen LogP contribution >= 0.6 is 0 Å². The maximum Gasteiger partial charge on any atom is 0.203 e. The fraction of sp³-hybridized carbons (Fsp3) is 0.478. The maximum absolute atomic E-state index is 6.60. The molecule has 8 aromatic rings. The van der Waals surface area contributed by atoms with E-state index in [2.05, 4.69) is 0 Å². The van der Waals surface area contributed by atoms with Gasteiger partial charge in [-0.3, -0.25) is 0 Å². The van der Waals surface area contributed by atoms with Crippen molar-refractivity contribution in [2.75, 3.05) is 197 Å². The van der Waals surface area contributed by atoms with Gasteiger partial charge in [0.1, 0.15) is 0 Å². The van der Waals surface area contributed by atoms with Crippen LogP contribution in [-0.4, -0.2) is 197 Å². The third kappa shape index (κ3) is 25.4. The lowest BCUT2D eigenvalue weighted by molar-refractivity contribution is 0.0577. The molecule has 0 aliphatic heterocycles. The predicted octanol–water partition coefficient (Wildman–Crippen LogP) is 16.0. The first-order valence-corrected chi connectivity index (χ1v) is 39.0. The summed E-state index contributed by atoms with van der Waals surface area (Å²) in [5.41, 5.74) is 7.59. The van der Waals surface area contributed by atoms with Gasteiger partial charge in [0.05, 0.1) is 210 Å². The van der Waals surface area contributed by atoms with Gasteiger partial charge in [-0.1, -0.05) is 0 Å². The van der Waals surface area contributed by atoms with Crippen molar-refractivity contribution in [2.24, 2.45) is 23.7 Å². The van der Waals surface area contributed by atoms with Gasteiger partial charge in [-0.2, -0.15) is 0 Å². The first-order valence-electron chi connectivity index (χ1n) is 39.0. The van der Waals surface area contributed by atoms with Crippen molar-refractivity contribution in [2.45, 2.75) is 77.8 Å². The molecular formula is C92H124O28. The molecule has 0 heterocycles. The molecule has 120 heavy (non-hydrogen) atoms. The highest BCUT2D eigenvalue weighted by Gasteiger charge is 2.30. The van der Waals surface area contributed by atoms with Gasteiger partial charge in [0.25, 0.3) is 0 Å². The summed E-state index contributed by atoms with van der Waals surface area (Å²) in [4.78, 5) is 0. The van der Waals surface area contributed by atoms with Crippen LogP contribution in [-0.2, 0) is 71.1 Å². The second-order valence-electron chi connectivity index (χ2n) is 27.5. The summed E-state index contributed by atoms with van der Waals surface area (Å²) in [6.45, 7) is 3.16. The highest BCUT2D eigenvalue weighted by atomic mass is 16.6. The van der Waals surface area contributed by atoms with Gasteiger partial charge in [0.2, 0.25) is 46.0 Å². The Balaban J connectivity index is 0.000000331. The molecule has 0 aliphatic rings. The van der Waals surface area contributed by atoms with Gasteiger partial charge >= 0.3 is 0 Å². The van der Waals surface area contributed by atoms with E-state index in [0.29, 0.717) is 217 Å². The largest absolute Gasteiger partial charge is 0.493 e. The molecule has 0 spiro atoms. The van der Waals surface area contributed by atoms with E-state index in [1.54, 1.807) is 171 Å². The number of ether oxygens (including phenoxy) is 28. The molecule has 28 nitrogen and oxygen atoms in total. The Labute approximate surface area is 707 Å². The van der Waals surface area contributed by atoms with Crippen LogP contribution in [0, 0.1) is 23.7 Å². The average Bonchev–Trinajstić information content (AvgIpc) is 0.798. The van der Waals surface area contributed by atoms with Crippen LogP contribution in [0.3, 0.4) is 0 Å². The Morgan fingerprint density at radius 3 is 0.458 bits per heavy atom. The molecule has 0 saturated heterocycles. The smallest absolute Gasteiger partial charge is 0.203 e. The fourth-order valence-electron chi connectivity index (χ4n) is 14.8. The molecule has 0 fully saturated rings. The van der Waals surface area contributed by atoms with Crippen molar-refractivity contribution in [1.29, 1.82) is 0 Å². The summed E-state index contributed by atoms with van der Waals surface area (Å²) >= 11 is 0. The zero-order valence-electron chi connectivity index (χ0n) is 74.3. The lowest BCUT2D eigenvalue weighted by Gasteiger charge is -2.29. The average molecular weight is 1680 g/mol. The number of hydrogen-bond donors (Lipinski definition) is 0. The quantitative estimate of drug-likeness (QED) is 0.0321. The first kappa shape index (κ1) is 95.9. The number of methoxy groups -OCH3 is 24. The third-order valence-electron chi connectivity index (χ3n) is 20.6. The number of benzene rings is 8. The van der Waals surface area contributed by atoms with E-state index in [-0.39, 0.29) is 23.7 Å². The summed E-state index contributed by atoms with van der Waals surface area (Å²) in [6.07, 6.45) is 5.73. The van der Waals surface area contributed by atoms with E-state index in [1.807, 2.05) is 97.1 Å². The Bertz CT molecular complexity index is 3970. The summed E-state index contributed by atoms with van der Waals surface area (Å²) < 4.78 is 161. The molecule has 0 amide bonds. The highest BCUT2D eigenvalue weighted by molar-refractivity contribution is 5.60. The molecule has 0 saturated carbocycles. The minimum atomic E-state index is -0.0101. The van der Waals surface area contributed by atoms with E-state index in [0.717, 1.165) is 70.2 Å². The molecule has 0 unspecified atom stereocenters. The molecule has 8 rings (SSSR count). The number of rotatable bonds is 54. The second-order valence-corrected chi connectivity index (χ2v) is 27.5. The summed E-state index contributed by atoms with van der Waals surface area (Å²) in [5, 5.41) is 0. The van der Waals surface area contributed by atoms with Crippen molar-refractivity contribution in [3.05, 3.63) is 142 Å². The molecule has 0 aliphatic carbocycles. The standard InChI is InChI=1S/2C46H62O14/c2*1-47-35-18-29(19-36(48-2)43(35)55-9)16-33(14-13-15-59-26-31-22-39(51-5)45(57-11)40(23-31)52-6)34(17-30-20-37(49-3)44(56-10)38(21-30)50-4)28-60-27-32-24-41(53-7)46(58-12)42(25-32)54-8/h2*18-25,33-34H,13-17,26-28H2,1-12H3/t2*33-,34+/m10/s1. The molecule has 0 radical (unpaired) electrons. The summed E-state index contributed by atoms with van der Waals surface area (Å²) in [6, 6.07) is 31.1. The van der Waals surface area contributed by atoms with Crippen LogP contribution in [0.25, 0.3) is 0 Å². The van der Waals surface area contributed by atoms with E-state index in [1.165, 1.54) is 0 Å². The molecular weight excluding hydrogens is 1550 g/mol. The zero-order valence-corrected chi connectivity index (χ0v) is 74.3. The molecule has 4 atom stereocenters. The second kappa shape index (κ2) is 50.0. The van der Waals surface area contributed by atoms with Gasteiger partial charge in [0, 0.05) is 13.2 Å². The number of hydrogen-bond acceptors (Lipinski definition) is 28. The van der Waals surface area contributed by atoms with E-state index in [9.17, 15) is 0 Å². The van der Waals surface area contributed by atoms with E-state index >= 15 is 0 Å². The van der Waals surface area contributed by atoms with E-state index < -0.39 is 0 Å². The Kier molecular flexibility index (Phi) is 40.0. The van der Waals surface area contributed by atoms with Gasteiger partial charge in [-0.05, 0) is 217 Å². The van der Waals surface area contributed by atoms with Gasteiger partial charge in [-0.15, -0.1) is 0 Å². The summed E-state index contributed by atoms with van der Waals surface area (Å²) in [7, 11) is 38.4. The van der Waals surface area contributed by atoms with Crippen LogP contribution < -0.4 is 114 Å². The molecule has 0 N–H and O–H groups in total. The SMILES string of the molecule is COc1cc(COCCC[C@@H](Cc2cc(OC)c(OC)c(OC)c2)[C@@H](COCc2cc(OC)c(OC)c(OC)c2)Cc2cc(OC)c(OC)c(OC)c2)cc(OC)c1OC.COc1cc(COCCC[C@H](Cc2cc(OC)c(OC)c(OC)c2)[C@H](COCc2cc(OC)c(OC)c(OC)c2)Cc2cc(OC)c(OC)c(OC)c2)cc(OC)c1OC. The van der Waals surface area contributed by atoms with Crippen molar-refractivity contribution in [3.8, 4) is 138 Å². The Morgan fingerprint density at radius 2 is 0.308 bits per heavy atom. The fourth-order valence-corrected chi connectivity index (χ4v) is 14.8. The molecule has 8 aromatic carbocycles. The third-order valence-corrected chi connectivity index (χ3v) is 20.6. The normalized spacial score (nSPS) is 11.9. The van der Waals surface area contributed by atoms with Crippen LogP contribution in [0.1, 0.15) is 70.2 Å². The van der Waals surface area contributed by atoms with Crippen molar-refractivity contribution in [1.82, 2.24) is 0 Å². The Morgan fingerprint density at radius 1 is 0.167 bits per heavy atom. The molecule has 28 heteroatoms. The summed E-state index contributed by atoms with van der Waals surface area (Å²) in [5.74, 6) is 13.5. The van der Waals surface area contributed by atoms with Crippen molar-refractivity contribution >= 4 is 0 Å². The van der Waals surface area contributed by atoms with Crippen LogP contribution in [0.4, 0.5) is 0 Å². The lowest BCUT2D eigenvalue weighted by Crippen LogP contribution is -2.25. The molecule has 0 aromatic heterocycles. The lowest BCUT2D eigenvalue weighted by atomic mass is 9.80. The zero-order chi connectivity index (χ0) is 87.2. The minimum absolute atomic E-state index is 0.0101. The van der Waals surface area contributed by atoms with Crippen LogP contribution in [0.5, 0.6) is 138 Å².